The summed E-state index contributed by atoms with van der Waals surface area (Å²) in [6.45, 7) is 9.06. The zero-order valence-corrected chi connectivity index (χ0v) is 18.0. The molecule has 0 aromatic heterocycles. The number of nitrogens with one attached hydrogen (secondary N) is 1. The Bertz CT molecular complexity index is 513. The molecule has 1 unspecified atom stereocenters. The average Bonchev–Trinajstić information content (AvgIpc) is 2.56. The van der Waals surface area contributed by atoms with Crippen LogP contribution in [0.5, 0.6) is 0 Å². The number of aliphatic imine (C=N–C) groups is 1. The van der Waals surface area contributed by atoms with E-state index < -0.39 is 0 Å². The average molecular weight is 460 g/mol. The number of methoxy groups -OCH3 is 1. The van der Waals surface area contributed by atoms with Crippen molar-refractivity contribution in [1.82, 2.24) is 10.2 Å². The summed E-state index contributed by atoms with van der Waals surface area (Å²) in [5.41, 5.74) is 8.44. The van der Waals surface area contributed by atoms with Gasteiger partial charge in [0.25, 0.3) is 0 Å². The molecule has 142 valence electrons. The van der Waals surface area contributed by atoms with Crippen LogP contribution in [-0.2, 0) is 17.8 Å². The Morgan fingerprint density at radius 2 is 1.88 bits per heavy atom. The van der Waals surface area contributed by atoms with Gasteiger partial charge in [0.05, 0.1) is 13.2 Å². The van der Waals surface area contributed by atoms with Gasteiger partial charge in [-0.25, -0.2) is 4.99 Å². The highest BCUT2D eigenvalue weighted by Gasteiger charge is 2.15. The Morgan fingerprint density at radius 1 is 1.28 bits per heavy atom. The first kappa shape index (κ1) is 22.2. The molecule has 3 N–H and O–H groups in total. The van der Waals surface area contributed by atoms with Crippen LogP contribution in [0, 0.1) is 5.92 Å². The second kappa shape index (κ2) is 11.7. The van der Waals surface area contributed by atoms with Gasteiger partial charge < -0.3 is 15.8 Å². The van der Waals surface area contributed by atoms with E-state index in [1.807, 2.05) is 6.92 Å². The van der Waals surface area contributed by atoms with Gasteiger partial charge in [0.2, 0.25) is 0 Å². The number of hydrogen-bond donors (Lipinski definition) is 2. The number of ether oxygens (including phenoxy) is 1. The molecular formula is C19H33IN4O. The molecule has 1 aliphatic heterocycles. The minimum absolute atomic E-state index is 0. The Balaban J connectivity index is 0.00000312. The van der Waals surface area contributed by atoms with Crippen molar-refractivity contribution in [2.75, 3.05) is 26.8 Å². The zero-order valence-electron chi connectivity index (χ0n) is 15.7. The van der Waals surface area contributed by atoms with E-state index in [9.17, 15) is 0 Å². The van der Waals surface area contributed by atoms with Crippen LogP contribution in [0.4, 0.5) is 0 Å². The van der Waals surface area contributed by atoms with Crippen LogP contribution in [0.1, 0.15) is 37.8 Å². The predicted molar refractivity (Wildman–Crippen MR) is 115 cm³/mol. The first-order valence-corrected chi connectivity index (χ1v) is 8.92. The summed E-state index contributed by atoms with van der Waals surface area (Å²) in [4.78, 5) is 6.94. The lowest BCUT2D eigenvalue weighted by Gasteiger charge is -2.30. The van der Waals surface area contributed by atoms with Gasteiger partial charge >= 0.3 is 0 Å². The van der Waals surface area contributed by atoms with E-state index in [1.54, 1.807) is 7.11 Å². The quantitative estimate of drug-likeness (QED) is 0.373. The first-order chi connectivity index (χ1) is 11.6. The third kappa shape index (κ3) is 8.37. The Hall–Kier alpha value is -0.860. The van der Waals surface area contributed by atoms with Crippen LogP contribution in [-0.4, -0.2) is 43.7 Å². The maximum absolute atomic E-state index is 5.89. The normalized spacial score (nSPS) is 17.8. The SMILES string of the molecule is COCC(C)NC(N)=NCc1ccc(CN2CCC(C)CC2)cc1.I. The van der Waals surface area contributed by atoms with Crippen LogP contribution in [0.15, 0.2) is 29.3 Å². The number of guanidine groups is 1. The number of benzene rings is 1. The van der Waals surface area contributed by atoms with E-state index in [1.165, 1.54) is 37.1 Å². The summed E-state index contributed by atoms with van der Waals surface area (Å²) in [7, 11) is 1.68. The van der Waals surface area contributed by atoms with E-state index >= 15 is 0 Å². The van der Waals surface area contributed by atoms with Crippen molar-refractivity contribution in [3.63, 3.8) is 0 Å². The molecule has 5 nitrogen and oxygen atoms in total. The lowest BCUT2D eigenvalue weighted by Crippen LogP contribution is -2.40. The van der Waals surface area contributed by atoms with Gasteiger partial charge in [-0.2, -0.15) is 0 Å². The molecule has 0 bridgehead atoms. The maximum atomic E-state index is 5.89. The van der Waals surface area contributed by atoms with Gasteiger partial charge in [0.1, 0.15) is 0 Å². The summed E-state index contributed by atoms with van der Waals surface area (Å²) >= 11 is 0. The number of piperidine rings is 1. The van der Waals surface area contributed by atoms with Crippen LogP contribution in [0.25, 0.3) is 0 Å². The van der Waals surface area contributed by atoms with Gasteiger partial charge in [-0.1, -0.05) is 31.2 Å². The number of nitrogens with zero attached hydrogens (tertiary/aromatic N) is 2. The summed E-state index contributed by atoms with van der Waals surface area (Å²) in [6.07, 6.45) is 2.64. The van der Waals surface area contributed by atoms with Crippen molar-refractivity contribution < 1.29 is 4.74 Å². The fraction of sp³-hybridized carbons (Fsp3) is 0.632. The van der Waals surface area contributed by atoms with E-state index in [0.29, 0.717) is 19.1 Å². The lowest BCUT2D eigenvalue weighted by atomic mass is 9.99. The molecule has 0 spiro atoms. The minimum Gasteiger partial charge on any atom is -0.383 e. The smallest absolute Gasteiger partial charge is 0.189 e. The zero-order chi connectivity index (χ0) is 17.4. The predicted octanol–water partition coefficient (Wildman–Crippen LogP) is 2.98. The van der Waals surface area contributed by atoms with Crippen LogP contribution < -0.4 is 11.1 Å². The Morgan fingerprint density at radius 3 is 2.48 bits per heavy atom. The Labute approximate surface area is 169 Å². The topological polar surface area (TPSA) is 62.9 Å². The molecular weight excluding hydrogens is 427 g/mol. The van der Waals surface area contributed by atoms with Gasteiger partial charge in [0, 0.05) is 19.7 Å². The van der Waals surface area contributed by atoms with Gasteiger partial charge in [-0.05, 0) is 49.9 Å². The molecule has 1 aliphatic rings. The van der Waals surface area contributed by atoms with Crippen molar-refractivity contribution in [3.05, 3.63) is 35.4 Å². The van der Waals surface area contributed by atoms with E-state index in [-0.39, 0.29) is 30.0 Å². The monoisotopic (exact) mass is 460 g/mol. The molecule has 0 amide bonds. The number of likely N-dealkylation sites (tertiary alicyclic amines) is 1. The molecule has 25 heavy (non-hydrogen) atoms. The van der Waals surface area contributed by atoms with Crippen LogP contribution >= 0.6 is 24.0 Å². The Kier molecular flexibility index (Phi) is 10.4. The fourth-order valence-electron chi connectivity index (χ4n) is 2.99. The first-order valence-electron chi connectivity index (χ1n) is 8.92. The maximum Gasteiger partial charge on any atom is 0.189 e. The molecule has 1 saturated heterocycles. The molecule has 2 rings (SSSR count). The van der Waals surface area contributed by atoms with Crippen molar-refractivity contribution >= 4 is 29.9 Å². The van der Waals surface area contributed by atoms with Crippen molar-refractivity contribution in [2.24, 2.45) is 16.6 Å². The third-order valence-corrected chi connectivity index (χ3v) is 4.55. The van der Waals surface area contributed by atoms with Crippen molar-refractivity contribution in [3.8, 4) is 0 Å². The highest BCUT2D eigenvalue weighted by atomic mass is 127. The molecule has 1 heterocycles. The lowest BCUT2D eigenvalue weighted by molar-refractivity contribution is 0.179. The van der Waals surface area contributed by atoms with Crippen LogP contribution in [0.3, 0.4) is 0 Å². The van der Waals surface area contributed by atoms with Crippen molar-refractivity contribution in [1.29, 1.82) is 0 Å². The van der Waals surface area contributed by atoms with Gasteiger partial charge in [0.15, 0.2) is 5.96 Å². The number of halogens is 1. The van der Waals surface area contributed by atoms with E-state index in [2.05, 4.69) is 46.4 Å². The molecule has 0 aliphatic carbocycles. The van der Waals surface area contributed by atoms with Crippen molar-refractivity contribution in [2.45, 2.75) is 45.8 Å². The highest BCUT2D eigenvalue weighted by Crippen LogP contribution is 2.18. The van der Waals surface area contributed by atoms with E-state index in [0.717, 1.165) is 12.5 Å². The minimum atomic E-state index is 0. The summed E-state index contributed by atoms with van der Waals surface area (Å²) in [5.74, 6) is 1.35. The van der Waals surface area contributed by atoms with Gasteiger partial charge in [-0.3, -0.25) is 4.90 Å². The molecule has 0 saturated carbocycles. The summed E-state index contributed by atoms with van der Waals surface area (Å²) in [5, 5.41) is 3.12. The molecule has 1 fully saturated rings. The summed E-state index contributed by atoms with van der Waals surface area (Å²) in [6, 6.07) is 8.88. The highest BCUT2D eigenvalue weighted by molar-refractivity contribution is 14.0. The third-order valence-electron chi connectivity index (χ3n) is 4.55. The number of hydrogen-bond acceptors (Lipinski definition) is 3. The second-order valence-electron chi connectivity index (χ2n) is 6.98. The number of rotatable bonds is 7. The fourth-order valence-corrected chi connectivity index (χ4v) is 2.99. The largest absolute Gasteiger partial charge is 0.383 e. The molecule has 1 atom stereocenters. The number of nitrogens with two attached hydrogens (primary N) is 1. The van der Waals surface area contributed by atoms with Crippen LogP contribution in [0.2, 0.25) is 0 Å². The van der Waals surface area contributed by atoms with Gasteiger partial charge in [-0.15, -0.1) is 24.0 Å². The second-order valence-corrected chi connectivity index (χ2v) is 6.98. The summed E-state index contributed by atoms with van der Waals surface area (Å²) < 4.78 is 5.07. The standard InChI is InChI=1S/C19H32N4O.HI/c1-15-8-10-23(11-9-15)13-18-6-4-17(5-7-18)12-21-19(20)22-16(2)14-24-3;/h4-7,15-16H,8-14H2,1-3H3,(H3,20,21,22);1H. The molecule has 0 radical (unpaired) electrons. The molecule has 1 aromatic carbocycles. The van der Waals surface area contributed by atoms with E-state index in [4.69, 9.17) is 10.5 Å². The molecule has 1 aromatic rings. The molecule has 6 heteroatoms.